The first-order chi connectivity index (χ1) is 17.3. The number of benzene rings is 2. The molecule has 0 bridgehead atoms. The highest BCUT2D eigenvalue weighted by Crippen LogP contribution is 2.25. The van der Waals surface area contributed by atoms with Gasteiger partial charge in [-0.3, -0.25) is 4.79 Å². The zero-order valence-electron chi connectivity index (χ0n) is 19.6. The van der Waals surface area contributed by atoms with Gasteiger partial charge < -0.3 is 14.4 Å². The Labute approximate surface area is 211 Å². The van der Waals surface area contributed by atoms with Gasteiger partial charge in [0.1, 0.15) is 11.9 Å². The molecule has 2 aromatic carbocycles. The molecular formula is C25H29FN6O3S. The Bertz CT molecular complexity index is 1490. The van der Waals surface area contributed by atoms with Crippen LogP contribution in [0.2, 0.25) is 0 Å². The van der Waals surface area contributed by atoms with Crippen molar-refractivity contribution in [1.82, 2.24) is 19.4 Å². The number of carbonyl (C=O) groups is 1. The molecule has 0 spiro atoms. The van der Waals surface area contributed by atoms with Gasteiger partial charge in [-0.05, 0) is 49.4 Å². The van der Waals surface area contributed by atoms with Crippen molar-refractivity contribution in [1.29, 1.82) is 0 Å². The summed E-state index contributed by atoms with van der Waals surface area (Å²) < 4.78 is 43.6. The molecule has 11 heteroatoms. The minimum absolute atomic E-state index is 0. The van der Waals surface area contributed by atoms with Crippen LogP contribution in [0.25, 0.3) is 10.9 Å². The number of sulfonamides is 1. The highest BCUT2D eigenvalue weighted by Gasteiger charge is 2.27. The van der Waals surface area contributed by atoms with Gasteiger partial charge in [0.2, 0.25) is 11.9 Å². The Kier molecular flexibility index (Phi) is 6.31. The van der Waals surface area contributed by atoms with E-state index >= 15 is 0 Å². The number of nitrogens with zero attached hydrogens (tertiary/aromatic N) is 5. The van der Waals surface area contributed by atoms with Crippen molar-refractivity contribution >= 4 is 38.5 Å². The van der Waals surface area contributed by atoms with Crippen molar-refractivity contribution in [3.8, 4) is 0 Å². The van der Waals surface area contributed by atoms with Crippen LogP contribution in [0.5, 0.6) is 0 Å². The standard InChI is InChI=1S/C25H25FN6O3S.2H2/c1-18(32-13-10-19-4-2-5-22(26)23(19)32)24(33)31-16-14-30(15-17-31)20-6-8-21(9-7-20)36(34,35)29-25-27-11-3-12-28-25;;/h2-13,18H,14-17H2,1H3,(H,27,28,29);2*1H/t18-;;/m0../s1. The number of hydrogen-bond acceptors (Lipinski definition) is 6. The van der Waals surface area contributed by atoms with Gasteiger partial charge in [-0.2, -0.15) is 0 Å². The molecule has 4 aromatic rings. The maximum atomic E-state index is 14.4. The lowest BCUT2D eigenvalue weighted by Crippen LogP contribution is -2.50. The number of rotatable bonds is 6. The summed E-state index contributed by atoms with van der Waals surface area (Å²) in [6.07, 6.45) is 4.66. The molecule has 1 aliphatic rings. The van der Waals surface area contributed by atoms with Crippen LogP contribution >= 0.6 is 0 Å². The zero-order chi connectivity index (χ0) is 25.3. The molecule has 2 aromatic heterocycles. The number of aromatic nitrogens is 3. The average molecular weight is 513 g/mol. The van der Waals surface area contributed by atoms with E-state index in [1.54, 1.807) is 46.9 Å². The van der Waals surface area contributed by atoms with Crippen molar-refractivity contribution in [3.05, 3.63) is 79.0 Å². The molecule has 0 radical (unpaired) electrons. The molecule has 1 N–H and O–H groups in total. The van der Waals surface area contributed by atoms with Gasteiger partial charge in [-0.15, -0.1) is 0 Å². The second-order valence-corrected chi connectivity index (χ2v) is 10.2. The van der Waals surface area contributed by atoms with Crippen LogP contribution in [0.3, 0.4) is 0 Å². The lowest BCUT2D eigenvalue weighted by atomic mass is 10.2. The van der Waals surface area contributed by atoms with Gasteiger partial charge in [0.15, 0.2) is 0 Å². The first-order valence-electron chi connectivity index (χ1n) is 11.5. The normalized spacial score (nSPS) is 15.2. The number of piperazine rings is 1. The van der Waals surface area contributed by atoms with Gasteiger partial charge in [0.25, 0.3) is 10.0 Å². The monoisotopic (exact) mass is 512 g/mol. The number of para-hydroxylation sites is 1. The lowest BCUT2D eigenvalue weighted by Gasteiger charge is -2.37. The molecule has 0 saturated carbocycles. The van der Waals surface area contributed by atoms with Gasteiger partial charge in [-0.25, -0.2) is 27.5 Å². The minimum atomic E-state index is -3.81. The number of hydrogen-bond donors (Lipinski definition) is 1. The number of amides is 1. The van der Waals surface area contributed by atoms with Crippen LogP contribution in [-0.2, 0) is 14.8 Å². The zero-order valence-corrected chi connectivity index (χ0v) is 20.4. The molecule has 0 aliphatic carbocycles. The van der Waals surface area contributed by atoms with Crippen molar-refractivity contribution < 1.29 is 20.5 Å². The minimum Gasteiger partial charge on any atom is -0.368 e. The fourth-order valence-corrected chi connectivity index (χ4v) is 5.39. The van der Waals surface area contributed by atoms with Crippen molar-refractivity contribution in [2.45, 2.75) is 17.9 Å². The van der Waals surface area contributed by atoms with Gasteiger partial charge in [0, 0.05) is 58.7 Å². The summed E-state index contributed by atoms with van der Waals surface area (Å²) in [6.45, 7) is 4.01. The summed E-state index contributed by atoms with van der Waals surface area (Å²) >= 11 is 0. The SMILES string of the molecule is C[C@@H](C(=O)N1CCN(c2ccc(S(=O)(=O)Nc3ncccn3)cc2)CC1)n1ccc2cccc(F)c21.[HH].[HH]. The van der Waals surface area contributed by atoms with E-state index in [9.17, 15) is 17.6 Å². The highest BCUT2D eigenvalue weighted by molar-refractivity contribution is 7.92. The van der Waals surface area contributed by atoms with Gasteiger partial charge in [-0.1, -0.05) is 12.1 Å². The van der Waals surface area contributed by atoms with E-state index in [4.69, 9.17) is 0 Å². The van der Waals surface area contributed by atoms with Crippen LogP contribution in [0.1, 0.15) is 15.8 Å². The maximum absolute atomic E-state index is 14.4. The summed E-state index contributed by atoms with van der Waals surface area (Å²) in [7, 11) is -3.81. The highest BCUT2D eigenvalue weighted by atomic mass is 32.2. The first-order valence-corrected chi connectivity index (χ1v) is 13.0. The fourth-order valence-electron chi connectivity index (χ4n) is 4.43. The van der Waals surface area contributed by atoms with Crippen molar-refractivity contribution in [3.63, 3.8) is 0 Å². The third-order valence-corrected chi connectivity index (χ3v) is 7.70. The number of nitrogens with one attached hydrogen (secondary N) is 1. The number of fused-ring (bicyclic) bond motifs is 1. The largest absolute Gasteiger partial charge is 0.368 e. The summed E-state index contributed by atoms with van der Waals surface area (Å²) in [5, 5.41) is 0.761. The fraction of sp³-hybridized carbons (Fsp3) is 0.240. The van der Waals surface area contributed by atoms with Crippen LogP contribution in [0.4, 0.5) is 16.0 Å². The van der Waals surface area contributed by atoms with Crippen LogP contribution in [0.15, 0.2) is 78.1 Å². The van der Waals surface area contributed by atoms with E-state index in [1.165, 1.54) is 30.6 Å². The Morgan fingerprint density at radius 1 is 1.00 bits per heavy atom. The second kappa shape index (κ2) is 9.57. The third kappa shape index (κ3) is 4.61. The molecule has 3 heterocycles. The Hall–Kier alpha value is -3.99. The van der Waals surface area contributed by atoms with Crippen LogP contribution < -0.4 is 9.62 Å². The Morgan fingerprint density at radius 2 is 1.69 bits per heavy atom. The summed E-state index contributed by atoms with van der Waals surface area (Å²) in [4.78, 5) is 24.9. The summed E-state index contributed by atoms with van der Waals surface area (Å²) in [5.41, 5.74) is 1.30. The van der Waals surface area contributed by atoms with Gasteiger partial charge >= 0.3 is 0 Å². The van der Waals surface area contributed by atoms with E-state index in [2.05, 4.69) is 19.6 Å². The first kappa shape index (κ1) is 23.7. The average Bonchev–Trinajstić information content (AvgIpc) is 3.34. The smallest absolute Gasteiger partial charge is 0.264 e. The molecule has 9 nitrogen and oxygen atoms in total. The van der Waals surface area contributed by atoms with E-state index in [0.717, 1.165) is 11.1 Å². The molecule has 5 rings (SSSR count). The maximum Gasteiger partial charge on any atom is 0.264 e. The molecule has 1 atom stereocenters. The number of carbonyl (C=O) groups excluding carboxylic acids is 1. The lowest BCUT2D eigenvalue weighted by molar-refractivity contribution is -0.134. The van der Waals surface area contributed by atoms with Crippen molar-refractivity contribution in [2.24, 2.45) is 0 Å². The molecule has 1 aliphatic heterocycles. The van der Waals surface area contributed by atoms with Crippen LogP contribution in [0, 0.1) is 5.82 Å². The van der Waals surface area contributed by atoms with E-state index in [-0.39, 0.29) is 25.4 Å². The molecule has 1 fully saturated rings. The second-order valence-electron chi connectivity index (χ2n) is 8.56. The third-order valence-electron chi connectivity index (χ3n) is 6.36. The van der Waals surface area contributed by atoms with Crippen molar-refractivity contribution in [2.75, 3.05) is 35.8 Å². The number of halogens is 1. The molecule has 1 amide bonds. The van der Waals surface area contributed by atoms with Crippen LogP contribution in [-0.4, -0.2) is 59.9 Å². The Balaban J connectivity index is 0.00000200. The quantitative estimate of drug-likeness (QED) is 0.422. The molecule has 0 unspecified atom stereocenters. The van der Waals surface area contributed by atoms with E-state index < -0.39 is 16.1 Å². The molecule has 190 valence electrons. The number of anilines is 2. The van der Waals surface area contributed by atoms with E-state index in [1.807, 2.05) is 12.1 Å². The predicted molar refractivity (Wildman–Crippen MR) is 139 cm³/mol. The molecule has 36 heavy (non-hydrogen) atoms. The van der Waals surface area contributed by atoms with E-state index in [0.29, 0.717) is 31.7 Å². The molecule has 1 saturated heterocycles. The summed E-state index contributed by atoms with van der Waals surface area (Å²) in [6, 6.07) is 14.3. The van der Waals surface area contributed by atoms with Gasteiger partial charge in [0.05, 0.1) is 10.4 Å². The summed E-state index contributed by atoms with van der Waals surface area (Å²) in [5.74, 6) is -0.405. The predicted octanol–water partition coefficient (Wildman–Crippen LogP) is 3.77. The molecular weight excluding hydrogens is 483 g/mol. The topological polar surface area (TPSA) is 100 Å². The Morgan fingerprint density at radius 3 is 2.39 bits per heavy atom.